The predicted molar refractivity (Wildman–Crippen MR) is 52.1 cm³/mol. The normalized spacial score (nSPS) is 23.2. The Kier molecular flexibility index (Phi) is 3.57. The Balaban J connectivity index is 2.27. The highest BCUT2D eigenvalue weighted by Crippen LogP contribution is 2.45. The first kappa shape index (κ1) is 10.0. The summed E-state index contributed by atoms with van der Waals surface area (Å²) in [6.07, 6.45) is 7.70. The van der Waals surface area contributed by atoms with Gasteiger partial charge in [0.25, 0.3) is 0 Å². The number of rotatable bonds is 5. The van der Waals surface area contributed by atoms with Crippen molar-refractivity contribution in [2.45, 2.75) is 52.4 Å². The van der Waals surface area contributed by atoms with Crippen LogP contribution in [0.3, 0.4) is 0 Å². The Morgan fingerprint density at radius 2 is 2.08 bits per heavy atom. The lowest BCUT2D eigenvalue weighted by molar-refractivity contribution is 0.0212. The summed E-state index contributed by atoms with van der Waals surface area (Å²) in [4.78, 5) is 0. The number of hydrogen-bond donors (Lipinski definition) is 1. The van der Waals surface area contributed by atoms with Crippen LogP contribution >= 0.6 is 0 Å². The smallest absolute Gasteiger partial charge is 0.0487 e. The maximum absolute atomic E-state index is 9.25. The summed E-state index contributed by atoms with van der Waals surface area (Å²) in [6, 6.07) is 0. The Labute approximate surface area is 76.2 Å². The van der Waals surface area contributed by atoms with Crippen molar-refractivity contribution in [1.82, 2.24) is 0 Å². The van der Waals surface area contributed by atoms with E-state index < -0.39 is 0 Å². The fourth-order valence-electron chi connectivity index (χ4n) is 2.44. The molecule has 1 atom stereocenters. The molecule has 0 amide bonds. The van der Waals surface area contributed by atoms with Gasteiger partial charge < -0.3 is 5.11 Å². The molecule has 1 fully saturated rings. The minimum absolute atomic E-state index is 0.342. The highest BCUT2D eigenvalue weighted by atomic mass is 16.3. The zero-order valence-electron chi connectivity index (χ0n) is 8.47. The average Bonchev–Trinajstić information content (AvgIpc) is 1.97. The molecule has 12 heavy (non-hydrogen) atoms. The third kappa shape index (κ3) is 2.22. The number of aliphatic hydroxyl groups is 1. The van der Waals surface area contributed by atoms with Crippen LogP contribution in [0.15, 0.2) is 0 Å². The number of hydrogen-bond acceptors (Lipinski definition) is 1. The quantitative estimate of drug-likeness (QED) is 0.672. The summed E-state index contributed by atoms with van der Waals surface area (Å²) in [5.41, 5.74) is 0.342. The van der Waals surface area contributed by atoms with Gasteiger partial charge in [0.05, 0.1) is 0 Å². The van der Waals surface area contributed by atoms with Crippen LogP contribution in [0.5, 0.6) is 0 Å². The van der Waals surface area contributed by atoms with Crippen LogP contribution < -0.4 is 0 Å². The minimum atomic E-state index is 0.342. The predicted octanol–water partition coefficient (Wildman–Crippen LogP) is 2.98. The Bertz CT molecular complexity index is 121. The summed E-state index contributed by atoms with van der Waals surface area (Å²) in [5, 5.41) is 9.25. The van der Waals surface area contributed by atoms with Crippen molar-refractivity contribution in [3.63, 3.8) is 0 Å². The maximum Gasteiger partial charge on any atom is 0.0487 e. The lowest BCUT2D eigenvalue weighted by atomic mass is 9.64. The van der Waals surface area contributed by atoms with Gasteiger partial charge in [0.2, 0.25) is 0 Å². The second-order valence-electron chi connectivity index (χ2n) is 4.61. The van der Waals surface area contributed by atoms with E-state index in [2.05, 4.69) is 13.8 Å². The topological polar surface area (TPSA) is 20.2 Å². The monoisotopic (exact) mass is 170 g/mol. The van der Waals surface area contributed by atoms with Crippen molar-refractivity contribution >= 4 is 0 Å². The van der Waals surface area contributed by atoms with Gasteiger partial charge in [-0.3, -0.25) is 0 Å². The second-order valence-corrected chi connectivity index (χ2v) is 4.61. The molecular weight excluding hydrogens is 148 g/mol. The molecular formula is C11H22O. The van der Waals surface area contributed by atoms with Gasteiger partial charge >= 0.3 is 0 Å². The highest BCUT2D eigenvalue weighted by Gasteiger charge is 2.36. The molecule has 1 nitrogen and oxygen atoms in total. The summed E-state index contributed by atoms with van der Waals surface area (Å²) in [7, 11) is 0. The molecule has 72 valence electrons. The van der Waals surface area contributed by atoms with E-state index >= 15 is 0 Å². The van der Waals surface area contributed by atoms with Crippen LogP contribution in [-0.4, -0.2) is 11.7 Å². The van der Waals surface area contributed by atoms with Gasteiger partial charge in [0, 0.05) is 6.61 Å². The molecule has 1 saturated carbocycles. The van der Waals surface area contributed by atoms with E-state index in [1.807, 2.05) is 0 Å². The Morgan fingerprint density at radius 3 is 2.42 bits per heavy atom. The van der Waals surface area contributed by atoms with Gasteiger partial charge in [-0.1, -0.05) is 33.1 Å². The summed E-state index contributed by atoms with van der Waals surface area (Å²) in [6.45, 7) is 4.98. The fourth-order valence-corrected chi connectivity index (χ4v) is 2.44. The Morgan fingerprint density at radius 1 is 1.42 bits per heavy atom. The number of aliphatic hydroxyl groups excluding tert-OH is 1. The maximum atomic E-state index is 9.25. The van der Waals surface area contributed by atoms with Crippen LogP contribution in [0, 0.1) is 11.3 Å². The van der Waals surface area contributed by atoms with E-state index in [-0.39, 0.29) is 0 Å². The van der Waals surface area contributed by atoms with Gasteiger partial charge in [-0.05, 0) is 30.6 Å². The van der Waals surface area contributed by atoms with Crippen molar-refractivity contribution in [2.75, 3.05) is 6.61 Å². The molecule has 1 rings (SSSR count). The standard InChI is InChI=1S/C11H22O/c1-3-5-10(2)8-11(9-12)6-4-7-11/h10,12H,3-9H2,1-2H3. The molecule has 1 heteroatoms. The van der Waals surface area contributed by atoms with Gasteiger partial charge in [0.15, 0.2) is 0 Å². The minimum Gasteiger partial charge on any atom is -0.396 e. The first-order valence-electron chi connectivity index (χ1n) is 5.33. The first-order chi connectivity index (χ1) is 5.72. The van der Waals surface area contributed by atoms with Crippen molar-refractivity contribution < 1.29 is 5.11 Å². The van der Waals surface area contributed by atoms with Crippen molar-refractivity contribution in [3.8, 4) is 0 Å². The summed E-state index contributed by atoms with van der Waals surface area (Å²) >= 11 is 0. The van der Waals surface area contributed by atoms with Crippen LogP contribution in [-0.2, 0) is 0 Å². The van der Waals surface area contributed by atoms with E-state index in [0.29, 0.717) is 12.0 Å². The highest BCUT2D eigenvalue weighted by molar-refractivity contribution is 4.88. The van der Waals surface area contributed by atoms with E-state index in [9.17, 15) is 5.11 Å². The molecule has 1 aliphatic carbocycles. The zero-order valence-corrected chi connectivity index (χ0v) is 8.47. The van der Waals surface area contributed by atoms with Gasteiger partial charge in [-0.15, -0.1) is 0 Å². The first-order valence-corrected chi connectivity index (χ1v) is 5.33. The van der Waals surface area contributed by atoms with E-state index in [0.717, 1.165) is 5.92 Å². The van der Waals surface area contributed by atoms with Crippen molar-refractivity contribution in [2.24, 2.45) is 11.3 Å². The second kappa shape index (κ2) is 4.27. The molecule has 1 unspecified atom stereocenters. The molecule has 0 saturated heterocycles. The molecule has 0 aromatic rings. The van der Waals surface area contributed by atoms with Gasteiger partial charge in [-0.25, -0.2) is 0 Å². The average molecular weight is 170 g/mol. The van der Waals surface area contributed by atoms with Crippen LogP contribution in [0.1, 0.15) is 52.4 Å². The van der Waals surface area contributed by atoms with Gasteiger partial charge in [-0.2, -0.15) is 0 Å². The largest absolute Gasteiger partial charge is 0.396 e. The molecule has 0 radical (unpaired) electrons. The molecule has 1 N–H and O–H groups in total. The SMILES string of the molecule is CCCC(C)CC1(CO)CCC1. The summed E-state index contributed by atoms with van der Waals surface area (Å²) in [5.74, 6) is 0.808. The van der Waals surface area contributed by atoms with Crippen molar-refractivity contribution in [1.29, 1.82) is 0 Å². The lowest BCUT2D eigenvalue weighted by Gasteiger charge is -2.42. The fraction of sp³-hybridized carbons (Fsp3) is 1.00. The molecule has 0 bridgehead atoms. The third-order valence-corrected chi connectivity index (χ3v) is 3.31. The van der Waals surface area contributed by atoms with Crippen LogP contribution in [0.4, 0.5) is 0 Å². The van der Waals surface area contributed by atoms with E-state index in [1.165, 1.54) is 38.5 Å². The molecule has 0 spiro atoms. The van der Waals surface area contributed by atoms with Crippen molar-refractivity contribution in [3.05, 3.63) is 0 Å². The lowest BCUT2D eigenvalue weighted by Crippen LogP contribution is -2.34. The molecule has 0 heterocycles. The van der Waals surface area contributed by atoms with Crippen LogP contribution in [0.25, 0.3) is 0 Å². The molecule has 1 aliphatic rings. The zero-order chi connectivity index (χ0) is 9.03. The molecule has 0 aliphatic heterocycles. The third-order valence-electron chi connectivity index (χ3n) is 3.31. The van der Waals surface area contributed by atoms with E-state index in [4.69, 9.17) is 0 Å². The summed E-state index contributed by atoms with van der Waals surface area (Å²) < 4.78 is 0. The molecule has 0 aromatic carbocycles. The Hall–Kier alpha value is -0.0400. The molecule has 0 aromatic heterocycles. The van der Waals surface area contributed by atoms with Gasteiger partial charge in [0.1, 0.15) is 0 Å². The van der Waals surface area contributed by atoms with E-state index in [1.54, 1.807) is 0 Å². The van der Waals surface area contributed by atoms with Crippen LogP contribution in [0.2, 0.25) is 0 Å².